The van der Waals surface area contributed by atoms with Gasteiger partial charge in [0, 0.05) is 43.7 Å². The van der Waals surface area contributed by atoms with Gasteiger partial charge in [-0.25, -0.2) is 14.6 Å². The Morgan fingerprint density at radius 2 is 1.74 bits per heavy atom. The summed E-state index contributed by atoms with van der Waals surface area (Å²) < 4.78 is 13.6. The van der Waals surface area contributed by atoms with E-state index in [1.165, 1.54) is 12.8 Å². The lowest BCUT2D eigenvalue weighted by Crippen LogP contribution is -2.49. The predicted molar refractivity (Wildman–Crippen MR) is 170 cm³/mol. The summed E-state index contributed by atoms with van der Waals surface area (Å²) in [4.78, 5) is 28.8. The number of hydrogen-bond donors (Lipinski definition) is 0. The van der Waals surface area contributed by atoms with Crippen LogP contribution >= 0.6 is 12.4 Å². The quantitative estimate of drug-likeness (QED) is 0.249. The number of hydrogen-bond acceptors (Lipinski definition) is 8. The molecule has 1 saturated heterocycles. The molecule has 3 heterocycles. The minimum absolute atomic E-state index is 0. The van der Waals surface area contributed by atoms with Crippen LogP contribution < -0.4 is 14.4 Å². The number of amides is 1. The van der Waals surface area contributed by atoms with Gasteiger partial charge in [0.25, 0.3) is 5.91 Å². The van der Waals surface area contributed by atoms with Crippen LogP contribution in [0.2, 0.25) is 0 Å². The molecule has 0 atom stereocenters. The van der Waals surface area contributed by atoms with E-state index in [0.717, 1.165) is 47.1 Å². The van der Waals surface area contributed by atoms with Gasteiger partial charge in [0.2, 0.25) is 0 Å². The van der Waals surface area contributed by atoms with Crippen molar-refractivity contribution in [3.8, 4) is 11.5 Å². The summed E-state index contributed by atoms with van der Waals surface area (Å²) in [6, 6.07) is 15.6. The van der Waals surface area contributed by atoms with Gasteiger partial charge in [0.05, 0.1) is 31.3 Å². The maximum absolute atomic E-state index is 13.3. The Labute approximate surface area is 259 Å². The third kappa shape index (κ3) is 7.02. The topological polar surface area (TPSA) is 88.9 Å². The van der Waals surface area contributed by atoms with Crippen LogP contribution in [0.15, 0.2) is 61.1 Å². The fourth-order valence-corrected chi connectivity index (χ4v) is 5.75. The minimum Gasteiger partial charge on any atom is -0.494 e. The van der Waals surface area contributed by atoms with Gasteiger partial charge < -0.3 is 24.2 Å². The van der Waals surface area contributed by atoms with E-state index < -0.39 is 0 Å². The molecule has 0 bridgehead atoms. The molecule has 0 unspecified atom stereocenters. The van der Waals surface area contributed by atoms with Crippen molar-refractivity contribution in [3.05, 3.63) is 72.2 Å². The summed E-state index contributed by atoms with van der Waals surface area (Å²) in [5.41, 5.74) is 2.84. The highest BCUT2D eigenvalue weighted by Gasteiger charge is 2.43. The van der Waals surface area contributed by atoms with Crippen molar-refractivity contribution in [1.82, 2.24) is 29.5 Å². The highest BCUT2D eigenvalue weighted by atomic mass is 35.5. The predicted octanol–water partition coefficient (Wildman–Crippen LogP) is 4.38. The van der Waals surface area contributed by atoms with Crippen molar-refractivity contribution in [2.75, 3.05) is 64.9 Å². The van der Waals surface area contributed by atoms with E-state index in [9.17, 15) is 4.79 Å². The second-order valence-corrected chi connectivity index (χ2v) is 11.6. The number of aromatic nitrogens is 4. The molecule has 2 fully saturated rings. The first-order valence-corrected chi connectivity index (χ1v) is 14.7. The Bertz CT molecular complexity index is 1530. The van der Waals surface area contributed by atoms with Crippen molar-refractivity contribution in [2.24, 2.45) is 5.41 Å². The molecule has 10 nitrogen and oxygen atoms in total. The maximum Gasteiger partial charge on any atom is 0.253 e. The summed E-state index contributed by atoms with van der Waals surface area (Å²) in [5.74, 6) is 2.56. The van der Waals surface area contributed by atoms with E-state index >= 15 is 0 Å². The third-order valence-electron chi connectivity index (χ3n) is 8.08. The number of nitrogens with zero attached hydrogens (tertiary/aromatic N) is 7. The van der Waals surface area contributed by atoms with Gasteiger partial charge in [0.1, 0.15) is 23.6 Å². The number of rotatable bonds is 11. The van der Waals surface area contributed by atoms with E-state index in [2.05, 4.69) is 45.0 Å². The second-order valence-electron chi connectivity index (χ2n) is 11.6. The number of ether oxygens (including phenoxy) is 2. The number of anilines is 1. The molecule has 43 heavy (non-hydrogen) atoms. The van der Waals surface area contributed by atoms with E-state index in [1.54, 1.807) is 6.33 Å². The first kappa shape index (κ1) is 30.6. The number of piperazine rings is 1. The van der Waals surface area contributed by atoms with Crippen LogP contribution in [-0.4, -0.2) is 95.5 Å². The van der Waals surface area contributed by atoms with Crippen molar-refractivity contribution in [1.29, 1.82) is 0 Å². The molecular weight excluding hydrogens is 566 g/mol. The van der Waals surface area contributed by atoms with Crippen molar-refractivity contribution in [3.63, 3.8) is 0 Å². The van der Waals surface area contributed by atoms with Gasteiger partial charge in [-0.05, 0) is 75.8 Å². The zero-order valence-corrected chi connectivity index (χ0v) is 25.9. The van der Waals surface area contributed by atoms with Gasteiger partial charge in [-0.3, -0.25) is 4.79 Å². The van der Waals surface area contributed by atoms with E-state index in [4.69, 9.17) is 9.47 Å². The normalized spacial score (nSPS) is 15.8. The molecule has 0 radical (unpaired) electrons. The minimum atomic E-state index is 0. The van der Waals surface area contributed by atoms with Crippen LogP contribution in [0.25, 0.3) is 11.0 Å². The first-order valence-electron chi connectivity index (χ1n) is 14.7. The van der Waals surface area contributed by atoms with Gasteiger partial charge >= 0.3 is 0 Å². The molecule has 1 aliphatic heterocycles. The lowest BCUT2D eigenvalue weighted by Gasteiger charge is -2.35. The second kappa shape index (κ2) is 13.2. The lowest BCUT2D eigenvalue weighted by molar-refractivity contribution is 0.0746. The summed E-state index contributed by atoms with van der Waals surface area (Å²) in [5, 5.41) is 5.53. The number of fused-ring (bicyclic) bond motifs is 1. The van der Waals surface area contributed by atoms with Crippen LogP contribution in [0, 0.1) is 5.41 Å². The van der Waals surface area contributed by atoms with Crippen LogP contribution in [0.1, 0.15) is 35.7 Å². The summed E-state index contributed by atoms with van der Waals surface area (Å²) >= 11 is 0. The Morgan fingerprint density at radius 3 is 2.44 bits per heavy atom. The van der Waals surface area contributed by atoms with Crippen LogP contribution in [0.4, 0.5) is 5.82 Å². The van der Waals surface area contributed by atoms with Gasteiger partial charge in [0.15, 0.2) is 5.65 Å². The van der Waals surface area contributed by atoms with Crippen LogP contribution in [0.5, 0.6) is 11.5 Å². The molecule has 1 aliphatic carbocycles. The maximum atomic E-state index is 13.3. The molecule has 11 heteroatoms. The number of halogens is 1. The SMILES string of the molecule is CCOc1cccc(Cn2ncc3c(N4CCN(C(=O)c5ccc(OCC6(CN(C)C)CC6)cc5)CC4)ncnc32)c1.Cl. The van der Waals surface area contributed by atoms with Gasteiger partial charge in [-0.2, -0.15) is 5.10 Å². The van der Waals surface area contributed by atoms with Crippen molar-refractivity contribution >= 4 is 35.2 Å². The van der Waals surface area contributed by atoms with E-state index in [-0.39, 0.29) is 23.7 Å². The summed E-state index contributed by atoms with van der Waals surface area (Å²) in [6.07, 6.45) is 5.85. The molecule has 4 aromatic rings. The molecule has 2 aromatic carbocycles. The fourth-order valence-electron chi connectivity index (χ4n) is 5.75. The molecule has 0 N–H and O–H groups in total. The molecule has 1 saturated carbocycles. The molecule has 1 amide bonds. The standard InChI is InChI=1S/C32H39N7O3.ClH/c1-4-41-27-7-5-6-24(18-27)20-39-30-28(19-35-39)29(33-23-34-30)37-14-16-38(17-15-37)31(40)25-8-10-26(11-9-25)42-22-32(12-13-32)21-36(2)3;/h5-11,18-19,23H,4,12-17,20-22H2,1-3H3;1H. The number of benzene rings is 2. The Morgan fingerprint density at radius 1 is 0.977 bits per heavy atom. The smallest absolute Gasteiger partial charge is 0.253 e. The summed E-state index contributed by atoms with van der Waals surface area (Å²) in [6.45, 7) is 7.57. The molecule has 6 rings (SSSR count). The fraction of sp³-hybridized carbons (Fsp3) is 0.438. The van der Waals surface area contributed by atoms with Crippen LogP contribution in [0.3, 0.4) is 0 Å². The van der Waals surface area contributed by atoms with Gasteiger partial charge in [-0.15, -0.1) is 12.4 Å². The van der Waals surface area contributed by atoms with Gasteiger partial charge in [-0.1, -0.05) is 12.1 Å². The Hall–Kier alpha value is -3.89. The van der Waals surface area contributed by atoms with E-state index in [0.29, 0.717) is 44.9 Å². The number of carbonyl (C=O) groups is 1. The zero-order chi connectivity index (χ0) is 29.1. The average molecular weight is 606 g/mol. The molecule has 0 spiro atoms. The monoisotopic (exact) mass is 605 g/mol. The Balaban J connectivity index is 0.00000368. The molecule has 2 aromatic heterocycles. The summed E-state index contributed by atoms with van der Waals surface area (Å²) in [7, 11) is 4.21. The van der Waals surface area contributed by atoms with E-state index in [1.807, 2.05) is 65.2 Å². The molecule has 228 valence electrons. The average Bonchev–Trinajstić information content (AvgIpc) is 3.65. The largest absolute Gasteiger partial charge is 0.494 e. The Kier molecular flexibility index (Phi) is 9.37. The lowest BCUT2D eigenvalue weighted by atomic mass is 10.1. The molecular formula is C32H40ClN7O3. The highest BCUT2D eigenvalue weighted by molar-refractivity contribution is 5.94. The zero-order valence-electron chi connectivity index (χ0n) is 25.1. The highest BCUT2D eigenvalue weighted by Crippen LogP contribution is 2.46. The van der Waals surface area contributed by atoms with Crippen LogP contribution in [-0.2, 0) is 6.54 Å². The third-order valence-corrected chi connectivity index (χ3v) is 8.08. The van der Waals surface area contributed by atoms with Crippen molar-refractivity contribution in [2.45, 2.75) is 26.3 Å². The number of carbonyl (C=O) groups excluding carboxylic acids is 1. The van der Waals surface area contributed by atoms with Crippen molar-refractivity contribution < 1.29 is 14.3 Å². The first-order chi connectivity index (χ1) is 20.4. The molecule has 2 aliphatic rings.